The highest BCUT2D eigenvalue weighted by Crippen LogP contribution is 2.20. The monoisotopic (exact) mass is 250 g/mol. The molecule has 1 heterocycles. The zero-order valence-corrected chi connectivity index (χ0v) is 11.1. The Morgan fingerprint density at radius 3 is 2.89 bits per heavy atom. The largest absolute Gasteiger partial charge is 0.491 e. The maximum atomic E-state index is 5.76. The second kappa shape index (κ2) is 7.39. The third-order valence-electron chi connectivity index (χ3n) is 2.96. The van der Waals surface area contributed by atoms with Crippen LogP contribution in [0.1, 0.15) is 25.3 Å². The summed E-state index contributed by atoms with van der Waals surface area (Å²) >= 11 is 0. The maximum absolute atomic E-state index is 5.76. The molecule has 0 aromatic heterocycles. The molecule has 0 aliphatic carbocycles. The molecule has 0 amide bonds. The Hall–Kier alpha value is -1.06. The van der Waals surface area contributed by atoms with E-state index < -0.39 is 0 Å². The summed E-state index contributed by atoms with van der Waals surface area (Å²) < 4.78 is 16.5. The van der Waals surface area contributed by atoms with Gasteiger partial charge in [-0.05, 0) is 24.5 Å². The molecule has 1 saturated heterocycles. The number of rotatable bonds is 9. The van der Waals surface area contributed by atoms with Gasteiger partial charge in [-0.3, -0.25) is 0 Å². The average Bonchev–Trinajstić information content (AvgIpc) is 3.21. The molecule has 3 nitrogen and oxygen atoms in total. The summed E-state index contributed by atoms with van der Waals surface area (Å²) in [6.45, 7) is 5.29. The fraction of sp³-hybridized carbons (Fsp3) is 0.600. The Morgan fingerprint density at radius 2 is 2.11 bits per heavy atom. The first kappa shape index (κ1) is 13.4. The zero-order valence-electron chi connectivity index (χ0n) is 11.1. The lowest BCUT2D eigenvalue weighted by molar-refractivity contribution is 0.133. The Labute approximate surface area is 109 Å². The van der Waals surface area contributed by atoms with Crippen LogP contribution in [0.4, 0.5) is 0 Å². The van der Waals surface area contributed by atoms with Crippen LogP contribution in [0, 0.1) is 0 Å². The Bertz CT molecular complexity index is 347. The van der Waals surface area contributed by atoms with Gasteiger partial charge in [0.1, 0.15) is 18.5 Å². The molecule has 2 rings (SSSR count). The molecule has 1 aromatic rings. The van der Waals surface area contributed by atoms with E-state index in [2.05, 4.69) is 13.0 Å². The van der Waals surface area contributed by atoms with Gasteiger partial charge in [-0.15, -0.1) is 0 Å². The van der Waals surface area contributed by atoms with Crippen molar-refractivity contribution in [3.8, 4) is 5.75 Å². The number of unbranched alkanes of at least 4 members (excludes halogenated alkanes) is 1. The summed E-state index contributed by atoms with van der Waals surface area (Å²) in [6.07, 6.45) is 3.53. The predicted molar refractivity (Wildman–Crippen MR) is 71.1 cm³/mol. The Kier molecular flexibility index (Phi) is 5.49. The van der Waals surface area contributed by atoms with E-state index in [1.165, 1.54) is 12.0 Å². The van der Waals surface area contributed by atoms with Gasteiger partial charge in [0.25, 0.3) is 0 Å². The van der Waals surface area contributed by atoms with Gasteiger partial charge in [-0.1, -0.05) is 31.5 Å². The SMILES string of the molecule is CCCCOCCc1ccccc1OCC1CO1. The third-order valence-corrected chi connectivity index (χ3v) is 2.96. The summed E-state index contributed by atoms with van der Waals surface area (Å²) in [5, 5.41) is 0. The highest BCUT2D eigenvalue weighted by Gasteiger charge is 2.23. The first-order chi connectivity index (χ1) is 8.90. The molecule has 1 aliphatic rings. The van der Waals surface area contributed by atoms with Gasteiger partial charge in [0.2, 0.25) is 0 Å². The van der Waals surface area contributed by atoms with E-state index in [1.54, 1.807) is 0 Å². The molecule has 1 aliphatic heterocycles. The van der Waals surface area contributed by atoms with Crippen molar-refractivity contribution in [1.29, 1.82) is 0 Å². The highest BCUT2D eigenvalue weighted by molar-refractivity contribution is 5.33. The molecule has 0 spiro atoms. The van der Waals surface area contributed by atoms with Gasteiger partial charge < -0.3 is 14.2 Å². The van der Waals surface area contributed by atoms with Crippen LogP contribution in [0.15, 0.2) is 24.3 Å². The number of hydrogen-bond acceptors (Lipinski definition) is 3. The fourth-order valence-electron chi connectivity index (χ4n) is 1.73. The molecule has 0 bridgehead atoms. The number of para-hydroxylation sites is 1. The van der Waals surface area contributed by atoms with Gasteiger partial charge in [-0.2, -0.15) is 0 Å². The molecule has 18 heavy (non-hydrogen) atoms. The molecule has 1 fully saturated rings. The van der Waals surface area contributed by atoms with Crippen molar-refractivity contribution in [3.63, 3.8) is 0 Å². The number of benzene rings is 1. The van der Waals surface area contributed by atoms with Crippen molar-refractivity contribution in [3.05, 3.63) is 29.8 Å². The number of ether oxygens (including phenoxy) is 3. The van der Waals surface area contributed by atoms with Crippen LogP contribution >= 0.6 is 0 Å². The minimum absolute atomic E-state index is 0.305. The van der Waals surface area contributed by atoms with E-state index in [0.717, 1.165) is 38.4 Å². The Morgan fingerprint density at radius 1 is 1.28 bits per heavy atom. The van der Waals surface area contributed by atoms with Gasteiger partial charge in [0.15, 0.2) is 0 Å². The summed E-state index contributed by atoms with van der Waals surface area (Å²) in [6, 6.07) is 8.17. The predicted octanol–water partition coefficient (Wildman–Crippen LogP) is 2.82. The normalized spacial score (nSPS) is 17.7. The van der Waals surface area contributed by atoms with Crippen LogP contribution in [0.25, 0.3) is 0 Å². The lowest BCUT2D eigenvalue weighted by Gasteiger charge is -2.10. The molecular formula is C15H22O3. The summed E-state index contributed by atoms with van der Waals surface area (Å²) in [7, 11) is 0. The molecule has 1 atom stereocenters. The van der Waals surface area contributed by atoms with Crippen molar-refractivity contribution in [2.24, 2.45) is 0 Å². The van der Waals surface area contributed by atoms with Crippen LogP contribution in [0.5, 0.6) is 5.75 Å². The second-order valence-corrected chi connectivity index (χ2v) is 4.59. The molecule has 0 saturated carbocycles. The zero-order chi connectivity index (χ0) is 12.6. The molecule has 1 unspecified atom stereocenters. The smallest absolute Gasteiger partial charge is 0.122 e. The maximum Gasteiger partial charge on any atom is 0.122 e. The van der Waals surface area contributed by atoms with Gasteiger partial charge in [-0.25, -0.2) is 0 Å². The summed E-state index contributed by atoms with van der Waals surface area (Å²) in [5.41, 5.74) is 1.22. The molecule has 0 N–H and O–H groups in total. The lowest BCUT2D eigenvalue weighted by Crippen LogP contribution is -2.07. The van der Waals surface area contributed by atoms with Crippen LogP contribution in [-0.2, 0) is 15.9 Å². The van der Waals surface area contributed by atoms with E-state index in [1.807, 2.05) is 18.2 Å². The molecule has 3 heteroatoms. The van der Waals surface area contributed by atoms with Crippen LogP contribution in [-0.4, -0.2) is 32.5 Å². The number of hydrogen-bond donors (Lipinski definition) is 0. The molecular weight excluding hydrogens is 228 g/mol. The van der Waals surface area contributed by atoms with Crippen LogP contribution < -0.4 is 4.74 Å². The van der Waals surface area contributed by atoms with Crippen molar-refractivity contribution in [2.45, 2.75) is 32.3 Å². The highest BCUT2D eigenvalue weighted by atomic mass is 16.6. The Balaban J connectivity index is 1.74. The van der Waals surface area contributed by atoms with Crippen LogP contribution in [0.2, 0.25) is 0 Å². The van der Waals surface area contributed by atoms with Gasteiger partial charge in [0.05, 0.1) is 13.2 Å². The topological polar surface area (TPSA) is 31.0 Å². The first-order valence-corrected chi connectivity index (χ1v) is 6.80. The minimum Gasteiger partial charge on any atom is -0.491 e. The van der Waals surface area contributed by atoms with E-state index in [4.69, 9.17) is 14.2 Å². The fourth-order valence-corrected chi connectivity index (χ4v) is 1.73. The van der Waals surface area contributed by atoms with E-state index in [9.17, 15) is 0 Å². The molecule has 0 radical (unpaired) electrons. The standard InChI is InChI=1S/C15H22O3/c1-2-3-9-16-10-8-13-6-4-5-7-15(13)18-12-14-11-17-14/h4-7,14H,2-3,8-12H2,1H3. The van der Waals surface area contributed by atoms with E-state index >= 15 is 0 Å². The first-order valence-electron chi connectivity index (χ1n) is 6.80. The summed E-state index contributed by atoms with van der Waals surface area (Å²) in [5.74, 6) is 0.965. The van der Waals surface area contributed by atoms with Crippen molar-refractivity contribution in [1.82, 2.24) is 0 Å². The van der Waals surface area contributed by atoms with Crippen molar-refractivity contribution < 1.29 is 14.2 Å². The lowest BCUT2D eigenvalue weighted by atomic mass is 10.1. The second-order valence-electron chi connectivity index (χ2n) is 4.59. The van der Waals surface area contributed by atoms with Crippen molar-refractivity contribution >= 4 is 0 Å². The number of epoxide rings is 1. The molecule has 100 valence electrons. The average molecular weight is 250 g/mol. The van der Waals surface area contributed by atoms with Gasteiger partial charge in [0, 0.05) is 6.61 Å². The molecule has 1 aromatic carbocycles. The van der Waals surface area contributed by atoms with E-state index in [-0.39, 0.29) is 0 Å². The van der Waals surface area contributed by atoms with E-state index in [0.29, 0.717) is 12.7 Å². The summed E-state index contributed by atoms with van der Waals surface area (Å²) in [4.78, 5) is 0. The van der Waals surface area contributed by atoms with Crippen LogP contribution in [0.3, 0.4) is 0 Å². The van der Waals surface area contributed by atoms with Crippen molar-refractivity contribution in [2.75, 3.05) is 26.4 Å². The third kappa shape index (κ3) is 4.67. The quantitative estimate of drug-likeness (QED) is 0.499. The minimum atomic E-state index is 0.305. The van der Waals surface area contributed by atoms with Gasteiger partial charge >= 0.3 is 0 Å².